The van der Waals surface area contributed by atoms with Gasteiger partial charge in [0.25, 0.3) is 0 Å². The molecule has 2 rings (SSSR count). The van der Waals surface area contributed by atoms with E-state index in [-0.39, 0.29) is 5.56 Å². The molecule has 0 unspecified atom stereocenters. The highest BCUT2D eigenvalue weighted by Gasteiger charge is 2.12. The van der Waals surface area contributed by atoms with Crippen molar-refractivity contribution in [2.75, 3.05) is 0 Å². The van der Waals surface area contributed by atoms with Gasteiger partial charge in [-0.2, -0.15) is 0 Å². The summed E-state index contributed by atoms with van der Waals surface area (Å²) in [5.74, 6) is -3.17. The lowest BCUT2D eigenvalue weighted by molar-refractivity contribution is 0.112. The van der Waals surface area contributed by atoms with Crippen LogP contribution in [0.2, 0.25) is 0 Å². The van der Waals surface area contributed by atoms with Crippen molar-refractivity contribution in [3.05, 3.63) is 58.9 Å². The van der Waals surface area contributed by atoms with Crippen LogP contribution >= 0.6 is 0 Å². The van der Waals surface area contributed by atoms with Gasteiger partial charge in [-0.25, -0.2) is 13.2 Å². The van der Waals surface area contributed by atoms with Gasteiger partial charge in [0.05, 0.1) is 0 Å². The van der Waals surface area contributed by atoms with Crippen LogP contribution in [0.4, 0.5) is 13.2 Å². The molecule has 0 aromatic heterocycles. The first-order valence-corrected chi connectivity index (χ1v) is 5.23. The van der Waals surface area contributed by atoms with E-state index in [1.165, 1.54) is 12.1 Å². The number of rotatable bonds is 2. The maximum Gasteiger partial charge on any atom is 0.161 e. The van der Waals surface area contributed by atoms with Crippen LogP contribution in [0, 0.1) is 24.4 Å². The van der Waals surface area contributed by atoms with E-state index in [9.17, 15) is 18.0 Å². The summed E-state index contributed by atoms with van der Waals surface area (Å²) in [6, 6.07) is 5.87. The predicted molar refractivity (Wildman–Crippen MR) is 61.9 cm³/mol. The van der Waals surface area contributed by atoms with Crippen molar-refractivity contribution in [1.82, 2.24) is 0 Å². The molecule has 0 bridgehead atoms. The van der Waals surface area contributed by atoms with E-state index in [4.69, 9.17) is 0 Å². The zero-order valence-corrected chi connectivity index (χ0v) is 9.51. The zero-order chi connectivity index (χ0) is 13.3. The quantitative estimate of drug-likeness (QED) is 0.583. The third-order valence-electron chi connectivity index (χ3n) is 2.72. The summed E-state index contributed by atoms with van der Waals surface area (Å²) < 4.78 is 39.5. The molecule has 0 amide bonds. The number of hydrogen-bond acceptors (Lipinski definition) is 1. The van der Waals surface area contributed by atoms with Gasteiger partial charge in [0.1, 0.15) is 12.1 Å². The van der Waals surface area contributed by atoms with Crippen LogP contribution in [0.5, 0.6) is 0 Å². The molecule has 2 aromatic rings. The highest BCUT2D eigenvalue weighted by Crippen LogP contribution is 2.26. The summed E-state index contributed by atoms with van der Waals surface area (Å²) >= 11 is 0. The van der Waals surface area contributed by atoms with Crippen LogP contribution in [-0.4, -0.2) is 6.29 Å². The zero-order valence-electron chi connectivity index (χ0n) is 9.51. The van der Waals surface area contributed by atoms with E-state index in [0.717, 1.165) is 6.07 Å². The summed E-state index contributed by atoms with van der Waals surface area (Å²) in [7, 11) is 0. The van der Waals surface area contributed by atoms with E-state index in [1.54, 1.807) is 13.0 Å². The second-order valence-electron chi connectivity index (χ2n) is 3.94. The number of carbonyl (C=O) groups is 1. The Morgan fingerprint density at radius 2 is 1.61 bits per heavy atom. The standard InChI is InChI=1S/C14H9F3O/c1-8-4-9(2-3-10(8)7-18)11-5-13(16)14(17)6-12(11)15/h2-7H,1H3. The van der Waals surface area contributed by atoms with Gasteiger partial charge in [0.2, 0.25) is 0 Å². The summed E-state index contributed by atoms with van der Waals surface area (Å²) in [5.41, 5.74) is 1.48. The highest BCUT2D eigenvalue weighted by molar-refractivity contribution is 5.79. The molecule has 0 saturated heterocycles. The van der Waals surface area contributed by atoms with Gasteiger partial charge in [0, 0.05) is 17.2 Å². The topological polar surface area (TPSA) is 17.1 Å². The monoisotopic (exact) mass is 250 g/mol. The molecule has 18 heavy (non-hydrogen) atoms. The molecule has 2 aromatic carbocycles. The van der Waals surface area contributed by atoms with Gasteiger partial charge in [-0.15, -0.1) is 0 Å². The molecule has 0 atom stereocenters. The van der Waals surface area contributed by atoms with Crippen molar-refractivity contribution < 1.29 is 18.0 Å². The maximum atomic E-state index is 13.6. The number of aryl methyl sites for hydroxylation is 1. The first-order valence-electron chi connectivity index (χ1n) is 5.23. The van der Waals surface area contributed by atoms with Crippen LogP contribution in [0.1, 0.15) is 15.9 Å². The maximum absolute atomic E-state index is 13.6. The van der Waals surface area contributed by atoms with Gasteiger partial charge >= 0.3 is 0 Å². The molecule has 92 valence electrons. The molecule has 0 N–H and O–H groups in total. The van der Waals surface area contributed by atoms with Crippen LogP contribution in [0.3, 0.4) is 0 Å². The second-order valence-corrected chi connectivity index (χ2v) is 3.94. The van der Waals surface area contributed by atoms with E-state index < -0.39 is 17.5 Å². The molecule has 0 aliphatic heterocycles. The Morgan fingerprint density at radius 1 is 0.944 bits per heavy atom. The van der Waals surface area contributed by atoms with Gasteiger partial charge in [-0.3, -0.25) is 4.79 Å². The largest absolute Gasteiger partial charge is 0.298 e. The average Bonchev–Trinajstić information content (AvgIpc) is 2.33. The van der Waals surface area contributed by atoms with Gasteiger partial charge in [-0.05, 0) is 24.1 Å². The van der Waals surface area contributed by atoms with Crippen LogP contribution in [0.15, 0.2) is 30.3 Å². The fourth-order valence-corrected chi connectivity index (χ4v) is 1.72. The molecule has 4 heteroatoms. The van der Waals surface area contributed by atoms with Crippen molar-refractivity contribution in [3.8, 4) is 11.1 Å². The highest BCUT2D eigenvalue weighted by atomic mass is 19.2. The lowest BCUT2D eigenvalue weighted by Crippen LogP contribution is -1.93. The minimum atomic E-state index is -1.22. The molecule has 0 fully saturated rings. The number of benzene rings is 2. The fraction of sp³-hybridized carbons (Fsp3) is 0.0714. The van der Waals surface area contributed by atoms with Crippen molar-refractivity contribution >= 4 is 6.29 Å². The number of aldehydes is 1. The summed E-state index contributed by atoms with van der Waals surface area (Å²) in [5, 5.41) is 0. The molecule has 0 saturated carbocycles. The van der Waals surface area contributed by atoms with Gasteiger partial charge < -0.3 is 0 Å². The van der Waals surface area contributed by atoms with E-state index >= 15 is 0 Å². The normalized spacial score (nSPS) is 10.4. The Morgan fingerprint density at radius 3 is 2.22 bits per heavy atom. The number of hydrogen-bond donors (Lipinski definition) is 0. The Bertz CT molecular complexity index is 621. The van der Waals surface area contributed by atoms with Crippen molar-refractivity contribution in [2.24, 2.45) is 0 Å². The lowest BCUT2D eigenvalue weighted by Gasteiger charge is -2.07. The minimum Gasteiger partial charge on any atom is -0.298 e. The van der Waals surface area contributed by atoms with Gasteiger partial charge in [0.15, 0.2) is 11.6 Å². The third kappa shape index (κ3) is 2.14. The van der Waals surface area contributed by atoms with E-state index in [1.807, 2.05) is 0 Å². The first-order chi connectivity index (χ1) is 8.52. The third-order valence-corrected chi connectivity index (χ3v) is 2.72. The van der Waals surface area contributed by atoms with Crippen LogP contribution < -0.4 is 0 Å². The predicted octanol–water partition coefficient (Wildman–Crippen LogP) is 3.89. The van der Waals surface area contributed by atoms with E-state index in [0.29, 0.717) is 29.0 Å². The molecular weight excluding hydrogens is 241 g/mol. The Balaban J connectivity index is 2.58. The molecule has 1 nitrogen and oxygen atoms in total. The SMILES string of the molecule is Cc1cc(-c2cc(F)c(F)cc2F)ccc1C=O. The summed E-state index contributed by atoms with van der Waals surface area (Å²) in [4.78, 5) is 10.7. The summed E-state index contributed by atoms with van der Waals surface area (Å²) in [6.45, 7) is 1.69. The number of carbonyl (C=O) groups excluding carboxylic acids is 1. The molecular formula is C14H9F3O. The van der Waals surface area contributed by atoms with Gasteiger partial charge in [-0.1, -0.05) is 18.2 Å². The van der Waals surface area contributed by atoms with E-state index in [2.05, 4.69) is 0 Å². The molecule has 0 heterocycles. The van der Waals surface area contributed by atoms with Crippen molar-refractivity contribution in [3.63, 3.8) is 0 Å². The Hall–Kier alpha value is -2.10. The Kier molecular flexibility index (Phi) is 3.19. The molecule has 0 radical (unpaired) electrons. The lowest BCUT2D eigenvalue weighted by atomic mass is 10.00. The molecule has 0 aliphatic carbocycles. The fourth-order valence-electron chi connectivity index (χ4n) is 1.72. The van der Waals surface area contributed by atoms with Crippen molar-refractivity contribution in [2.45, 2.75) is 6.92 Å². The first kappa shape index (κ1) is 12.4. The van der Waals surface area contributed by atoms with Crippen LogP contribution in [-0.2, 0) is 0 Å². The summed E-state index contributed by atoms with van der Waals surface area (Å²) in [6.07, 6.45) is 0.681. The number of halogens is 3. The van der Waals surface area contributed by atoms with Crippen LogP contribution in [0.25, 0.3) is 11.1 Å². The average molecular weight is 250 g/mol. The second kappa shape index (κ2) is 4.64. The molecule has 0 aliphatic rings. The minimum absolute atomic E-state index is 0.0329. The smallest absolute Gasteiger partial charge is 0.161 e. The molecule has 0 spiro atoms. The van der Waals surface area contributed by atoms with Crippen molar-refractivity contribution in [1.29, 1.82) is 0 Å². The Labute approximate surface area is 102 Å².